The van der Waals surface area contributed by atoms with Gasteiger partial charge in [-0.3, -0.25) is 0 Å². The van der Waals surface area contributed by atoms with Crippen LogP contribution < -0.4 is 10.6 Å². The standard InChI is InChI=1S/C9H12Cl2N4S/c1-5(3-8(12)16)15(2)6-4-7(10)13-14-9(6)11/h4-5H,3H2,1-2H3,(H2,12,16). The van der Waals surface area contributed by atoms with Crippen LogP contribution in [0.25, 0.3) is 0 Å². The Morgan fingerprint density at radius 1 is 1.56 bits per heavy atom. The average Bonchev–Trinajstić information content (AvgIpc) is 2.19. The summed E-state index contributed by atoms with van der Waals surface area (Å²) in [4.78, 5) is 2.38. The quantitative estimate of drug-likeness (QED) is 0.857. The molecule has 0 bridgehead atoms. The molecule has 1 unspecified atom stereocenters. The minimum atomic E-state index is 0.121. The van der Waals surface area contributed by atoms with Crippen molar-refractivity contribution < 1.29 is 0 Å². The maximum Gasteiger partial charge on any atom is 0.175 e. The first-order valence-electron chi connectivity index (χ1n) is 4.61. The Hall–Kier alpha value is -0.650. The molecule has 0 aliphatic carbocycles. The predicted molar refractivity (Wildman–Crippen MR) is 71.3 cm³/mol. The molecule has 0 aromatic carbocycles. The van der Waals surface area contributed by atoms with E-state index in [1.54, 1.807) is 6.07 Å². The van der Waals surface area contributed by atoms with Gasteiger partial charge in [-0.05, 0) is 6.92 Å². The molecule has 4 nitrogen and oxygen atoms in total. The normalized spacial score (nSPS) is 12.2. The number of hydrogen-bond acceptors (Lipinski definition) is 4. The number of rotatable bonds is 4. The molecule has 2 N–H and O–H groups in total. The van der Waals surface area contributed by atoms with Gasteiger partial charge >= 0.3 is 0 Å². The van der Waals surface area contributed by atoms with Gasteiger partial charge in [-0.2, -0.15) is 0 Å². The second-order valence-corrected chi connectivity index (χ2v) is 4.74. The third-order valence-corrected chi connectivity index (χ3v) is 2.86. The van der Waals surface area contributed by atoms with Gasteiger partial charge in [-0.1, -0.05) is 35.4 Å². The van der Waals surface area contributed by atoms with Gasteiger partial charge in [0.15, 0.2) is 10.3 Å². The summed E-state index contributed by atoms with van der Waals surface area (Å²) in [6.45, 7) is 1.99. The van der Waals surface area contributed by atoms with Crippen molar-refractivity contribution in [2.75, 3.05) is 11.9 Å². The third-order valence-electron chi connectivity index (χ3n) is 2.24. The maximum atomic E-state index is 5.93. The highest BCUT2D eigenvalue weighted by Crippen LogP contribution is 2.26. The fraction of sp³-hybridized carbons (Fsp3) is 0.444. The Kier molecular flexibility index (Phi) is 4.70. The number of thiocarbonyl (C=S) groups is 1. The molecular formula is C9H12Cl2N4S. The van der Waals surface area contributed by atoms with Crippen molar-refractivity contribution >= 4 is 46.1 Å². The molecule has 16 heavy (non-hydrogen) atoms. The molecule has 0 radical (unpaired) electrons. The second-order valence-electron chi connectivity index (χ2n) is 3.47. The molecule has 1 aromatic heterocycles. The van der Waals surface area contributed by atoms with Gasteiger partial charge in [0.2, 0.25) is 0 Å². The summed E-state index contributed by atoms with van der Waals surface area (Å²) in [6, 6.07) is 1.78. The van der Waals surface area contributed by atoms with Crippen LogP contribution in [-0.4, -0.2) is 28.3 Å². The first-order chi connectivity index (χ1) is 7.41. The molecule has 0 aliphatic rings. The van der Waals surface area contributed by atoms with Crippen molar-refractivity contribution in [3.05, 3.63) is 16.4 Å². The first-order valence-corrected chi connectivity index (χ1v) is 5.78. The highest BCUT2D eigenvalue weighted by molar-refractivity contribution is 7.80. The molecule has 0 saturated carbocycles. The van der Waals surface area contributed by atoms with Gasteiger partial charge in [-0.25, -0.2) is 0 Å². The molecule has 1 atom stereocenters. The summed E-state index contributed by atoms with van der Waals surface area (Å²) < 4.78 is 0. The maximum absolute atomic E-state index is 5.93. The molecular weight excluding hydrogens is 267 g/mol. The lowest BCUT2D eigenvalue weighted by molar-refractivity contribution is 0.711. The van der Waals surface area contributed by atoms with Gasteiger partial charge in [0, 0.05) is 25.6 Å². The summed E-state index contributed by atoms with van der Waals surface area (Å²) in [6.07, 6.45) is 0.599. The predicted octanol–water partition coefficient (Wildman–Crippen LogP) is 2.28. The second kappa shape index (κ2) is 5.61. The lowest BCUT2D eigenvalue weighted by atomic mass is 10.2. The van der Waals surface area contributed by atoms with E-state index in [2.05, 4.69) is 10.2 Å². The monoisotopic (exact) mass is 278 g/mol. The van der Waals surface area contributed by atoms with Crippen molar-refractivity contribution in [1.82, 2.24) is 10.2 Å². The van der Waals surface area contributed by atoms with Crippen molar-refractivity contribution in [2.45, 2.75) is 19.4 Å². The Labute approximate surface area is 110 Å². The number of hydrogen-bond donors (Lipinski definition) is 1. The Balaban J connectivity index is 2.90. The average molecular weight is 279 g/mol. The van der Waals surface area contributed by atoms with E-state index < -0.39 is 0 Å². The zero-order valence-corrected chi connectivity index (χ0v) is 11.3. The third kappa shape index (κ3) is 3.43. The Morgan fingerprint density at radius 2 is 2.19 bits per heavy atom. The molecule has 88 valence electrons. The highest BCUT2D eigenvalue weighted by atomic mass is 35.5. The fourth-order valence-electron chi connectivity index (χ4n) is 1.26. The number of halogens is 2. The number of aromatic nitrogens is 2. The van der Waals surface area contributed by atoms with Gasteiger partial charge in [-0.15, -0.1) is 10.2 Å². The van der Waals surface area contributed by atoms with Crippen molar-refractivity contribution in [1.29, 1.82) is 0 Å². The molecule has 0 spiro atoms. The van der Waals surface area contributed by atoms with Gasteiger partial charge in [0.1, 0.15) is 0 Å². The van der Waals surface area contributed by atoms with Gasteiger partial charge < -0.3 is 10.6 Å². The lowest BCUT2D eigenvalue weighted by Gasteiger charge is -2.26. The van der Waals surface area contributed by atoms with Crippen LogP contribution in [-0.2, 0) is 0 Å². The van der Waals surface area contributed by atoms with E-state index in [-0.39, 0.29) is 6.04 Å². The molecule has 1 aromatic rings. The van der Waals surface area contributed by atoms with E-state index in [1.165, 1.54) is 0 Å². The highest BCUT2D eigenvalue weighted by Gasteiger charge is 2.15. The van der Waals surface area contributed by atoms with E-state index in [9.17, 15) is 0 Å². The van der Waals surface area contributed by atoms with E-state index >= 15 is 0 Å². The van der Waals surface area contributed by atoms with Crippen molar-refractivity contribution in [3.8, 4) is 0 Å². The van der Waals surface area contributed by atoms with E-state index in [1.807, 2.05) is 18.9 Å². The van der Waals surface area contributed by atoms with Crippen molar-refractivity contribution in [3.63, 3.8) is 0 Å². The topological polar surface area (TPSA) is 55.0 Å². The minimum Gasteiger partial charge on any atom is -0.393 e. The molecule has 7 heteroatoms. The summed E-state index contributed by atoms with van der Waals surface area (Å²) in [5.74, 6) is 0. The molecule has 0 amide bonds. The van der Waals surface area contributed by atoms with Crippen LogP contribution in [0, 0.1) is 0 Å². The van der Waals surface area contributed by atoms with Crippen LogP contribution in [0.3, 0.4) is 0 Å². The summed E-state index contributed by atoms with van der Waals surface area (Å²) in [5, 5.41) is 7.99. The number of nitrogens with two attached hydrogens (primary N) is 1. The Morgan fingerprint density at radius 3 is 2.75 bits per heavy atom. The van der Waals surface area contributed by atoms with Crippen LogP contribution in [0.2, 0.25) is 10.3 Å². The molecule has 0 fully saturated rings. The Bertz CT molecular complexity index is 399. The largest absolute Gasteiger partial charge is 0.393 e. The zero-order valence-electron chi connectivity index (χ0n) is 8.94. The van der Waals surface area contributed by atoms with Crippen LogP contribution >= 0.6 is 35.4 Å². The summed E-state index contributed by atoms with van der Waals surface area (Å²) in [5.41, 5.74) is 6.21. The minimum absolute atomic E-state index is 0.121. The number of nitrogens with zero attached hydrogens (tertiary/aromatic N) is 3. The smallest absolute Gasteiger partial charge is 0.175 e. The van der Waals surface area contributed by atoms with Gasteiger partial charge in [0.05, 0.1) is 10.7 Å². The lowest BCUT2D eigenvalue weighted by Crippen LogP contribution is -2.32. The molecule has 0 saturated heterocycles. The van der Waals surface area contributed by atoms with E-state index in [0.29, 0.717) is 27.4 Å². The van der Waals surface area contributed by atoms with Crippen LogP contribution in [0.4, 0.5) is 5.69 Å². The van der Waals surface area contributed by atoms with E-state index in [0.717, 1.165) is 0 Å². The SMILES string of the molecule is CC(CC(N)=S)N(C)c1cc(Cl)nnc1Cl. The summed E-state index contributed by atoms with van der Waals surface area (Å²) in [7, 11) is 1.88. The fourth-order valence-corrected chi connectivity index (χ4v) is 1.86. The van der Waals surface area contributed by atoms with Crippen molar-refractivity contribution in [2.24, 2.45) is 5.73 Å². The summed E-state index contributed by atoms with van der Waals surface area (Å²) >= 11 is 16.6. The van der Waals surface area contributed by atoms with E-state index in [4.69, 9.17) is 41.2 Å². The van der Waals surface area contributed by atoms with Crippen LogP contribution in [0.15, 0.2) is 6.07 Å². The first kappa shape index (κ1) is 13.4. The number of anilines is 1. The molecule has 0 aliphatic heterocycles. The molecule has 1 rings (SSSR count). The molecule has 1 heterocycles. The van der Waals surface area contributed by atoms with Crippen LogP contribution in [0.1, 0.15) is 13.3 Å². The zero-order chi connectivity index (χ0) is 12.3. The van der Waals surface area contributed by atoms with Gasteiger partial charge in [0.25, 0.3) is 0 Å². The van der Waals surface area contributed by atoms with Crippen LogP contribution in [0.5, 0.6) is 0 Å².